The summed E-state index contributed by atoms with van der Waals surface area (Å²) in [6, 6.07) is 0. The van der Waals surface area contributed by atoms with Crippen molar-refractivity contribution in [1.82, 2.24) is 0 Å². The fourth-order valence-corrected chi connectivity index (χ4v) is 2.46. The number of rotatable bonds is 3. The van der Waals surface area contributed by atoms with Crippen molar-refractivity contribution < 1.29 is 9.90 Å². The van der Waals surface area contributed by atoms with Gasteiger partial charge in [-0.05, 0) is 29.2 Å². The number of hydrogen-bond acceptors (Lipinski definition) is 2. The predicted octanol–water partition coefficient (Wildman–Crippen LogP) is 3.81. The first-order valence-corrected chi connectivity index (χ1v) is 7.01. The van der Waals surface area contributed by atoms with Gasteiger partial charge in [0.1, 0.15) is 5.60 Å². The maximum Gasteiger partial charge on any atom is 0.198 e. The third-order valence-electron chi connectivity index (χ3n) is 3.98. The van der Waals surface area contributed by atoms with E-state index in [-0.39, 0.29) is 16.7 Å². The van der Waals surface area contributed by atoms with Crippen molar-refractivity contribution in [3.8, 4) is 0 Å². The molecular formula is C17H27O2. The lowest BCUT2D eigenvalue weighted by atomic mass is 9.66. The molecule has 2 heteroatoms. The molecule has 0 heterocycles. The predicted molar refractivity (Wildman–Crippen MR) is 79.5 cm³/mol. The van der Waals surface area contributed by atoms with Crippen LogP contribution in [0.25, 0.3) is 0 Å². The van der Waals surface area contributed by atoms with Gasteiger partial charge in [0.05, 0.1) is 0 Å². The smallest absolute Gasteiger partial charge is 0.198 e. The molecule has 0 saturated heterocycles. The lowest BCUT2D eigenvalue weighted by Gasteiger charge is -2.42. The SMILES string of the molecule is CC(C)(C)C1=CC(O)(C(C)(C)C)C=CC1CC[C]=O. The van der Waals surface area contributed by atoms with Gasteiger partial charge in [0.2, 0.25) is 0 Å². The molecule has 107 valence electrons. The standard InChI is InChI=1S/C17H27O2/c1-15(2,3)14-12-17(19,16(4,5)6)10-9-13(14)8-7-11-18/h9-10,12-13,19H,7-8H2,1-6H3. The Morgan fingerprint density at radius 3 is 2.26 bits per heavy atom. The highest BCUT2D eigenvalue weighted by Crippen LogP contribution is 2.44. The second kappa shape index (κ2) is 5.24. The van der Waals surface area contributed by atoms with Crippen molar-refractivity contribution in [3.63, 3.8) is 0 Å². The molecule has 0 amide bonds. The van der Waals surface area contributed by atoms with Gasteiger partial charge in [-0.3, -0.25) is 4.79 Å². The molecule has 0 aromatic rings. The van der Waals surface area contributed by atoms with Gasteiger partial charge >= 0.3 is 0 Å². The quantitative estimate of drug-likeness (QED) is 0.786. The maximum atomic E-state index is 10.8. The molecule has 1 radical (unpaired) electrons. The summed E-state index contributed by atoms with van der Waals surface area (Å²) in [4.78, 5) is 10.5. The summed E-state index contributed by atoms with van der Waals surface area (Å²) < 4.78 is 0. The molecule has 1 N–H and O–H groups in total. The lowest BCUT2D eigenvalue weighted by Crippen LogP contribution is -2.42. The summed E-state index contributed by atoms with van der Waals surface area (Å²) in [6.45, 7) is 12.6. The van der Waals surface area contributed by atoms with Gasteiger partial charge < -0.3 is 5.11 Å². The fraction of sp³-hybridized carbons (Fsp3) is 0.706. The van der Waals surface area contributed by atoms with E-state index in [1.54, 1.807) is 0 Å². The molecule has 0 spiro atoms. The first kappa shape index (κ1) is 16.2. The Morgan fingerprint density at radius 2 is 1.84 bits per heavy atom. The third-order valence-corrected chi connectivity index (χ3v) is 3.98. The van der Waals surface area contributed by atoms with Crippen LogP contribution < -0.4 is 0 Å². The van der Waals surface area contributed by atoms with E-state index in [4.69, 9.17) is 0 Å². The molecule has 1 aliphatic carbocycles. The van der Waals surface area contributed by atoms with Crippen LogP contribution in [0.15, 0.2) is 23.8 Å². The molecule has 2 atom stereocenters. The summed E-state index contributed by atoms with van der Waals surface area (Å²) in [5.41, 5.74) is 0.0266. The minimum Gasteiger partial charge on any atom is -0.381 e. The van der Waals surface area contributed by atoms with Crippen molar-refractivity contribution in [3.05, 3.63) is 23.8 Å². The zero-order valence-corrected chi connectivity index (χ0v) is 13.1. The van der Waals surface area contributed by atoms with E-state index < -0.39 is 5.60 Å². The summed E-state index contributed by atoms with van der Waals surface area (Å²) in [5, 5.41) is 10.8. The lowest BCUT2D eigenvalue weighted by molar-refractivity contribution is 0.0261. The normalized spacial score (nSPS) is 28.2. The van der Waals surface area contributed by atoms with E-state index in [0.717, 1.165) is 6.42 Å². The Labute approximate surface area is 117 Å². The van der Waals surface area contributed by atoms with E-state index in [1.807, 2.05) is 39.2 Å². The highest BCUT2D eigenvalue weighted by Gasteiger charge is 2.40. The van der Waals surface area contributed by atoms with Crippen LogP contribution in [0.2, 0.25) is 0 Å². The van der Waals surface area contributed by atoms with Crippen LogP contribution >= 0.6 is 0 Å². The molecule has 2 nitrogen and oxygen atoms in total. The van der Waals surface area contributed by atoms with Gasteiger partial charge in [-0.25, -0.2) is 0 Å². The summed E-state index contributed by atoms with van der Waals surface area (Å²) in [5.74, 6) is 0.226. The summed E-state index contributed by atoms with van der Waals surface area (Å²) in [7, 11) is 0. The second-order valence-electron chi connectivity index (χ2n) is 7.57. The molecule has 0 aromatic carbocycles. The van der Waals surface area contributed by atoms with Crippen LogP contribution in [0.5, 0.6) is 0 Å². The van der Waals surface area contributed by atoms with Crippen LogP contribution in [-0.4, -0.2) is 17.0 Å². The minimum absolute atomic E-state index is 0.0163. The van der Waals surface area contributed by atoms with Crippen molar-refractivity contribution in [1.29, 1.82) is 0 Å². The summed E-state index contributed by atoms with van der Waals surface area (Å²) >= 11 is 0. The molecule has 0 saturated carbocycles. The minimum atomic E-state index is -0.920. The van der Waals surface area contributed by atoms with E-state index >= 15 is 0 Å². The van der Waals surface area contributed by atoms with Gasteiger partial charge in [0.15, 0.2) is 6.29 Å². The Kier molecular flexibility index (Phi) is 4.46. The maximum absolute atomic E-state index is 10.8. The fourth-order valence-electron chi connectivity index (χ4n) is 2.46. The van der Waals surface area contributed by atoms with Gasteiger partial charge in [-0.15, -0.1) is 0 Å². The van der Waals surface area contributed by atoms with Crippen molar-refractivity contribution in [2.75, 3.05) is 0 Å². The highest BCUT2D eigenvalue weighted by molar-refractivity contribution is 5.50. The average molecular weight is 263 g/mol. The van der Waals surface area contributed by atoms with Crippen molar-refractivity contribution in [2.45, 2.75) is 60.0 Å². The molecule has 0 bridgehead atoms. The number of aliphatic hydroxyl groups is 1. The number of hydrogen-bond donors (Lipinski definition) is 1. The zero-order valence-electron chi connectivity index (χ0n) is 13.1. The molecule has 1 rings (SSSR count). The van der Waals surface area contributed by atoms with Crippen molar-refractivity contribution >= 4 is 6.29 Å². The zero-order chi connectivity index (χ0) is 14.9. The highest BCUT2D eigenvalue weighted by atomic mass is 16.3. The summed E-state index contributed by atoms with van der Waals surface area (Å²) in [6.07, 6.45) is 9.12. The van der Waals surface area contributed by atoms with Crippen LogP contribution in [0.1, 0.15) is 54.4 Å². The van der Waals surface area contributed by atoms with E-state index in [1.165, 1.54) is 5.57 Å². The second-order valence-corrected chi connectivity index (χ2v) is 7.57. The van der Waals surface area contributed by atoms with Gasteiger partial charge in [-0.1, -0.05) is 59.3 Å². The first-order chi connectivity index (χ1) is 8.51. The van der Waals surface area contributed by atoms with Crippen LogP contribution in [-0.2, 0) is 4.79 Å². The van der Waals surface area contributed by atoms with E-state index in [9.17, 15) is 9.90 Å². The first-order valence-electron chi connectivity index (χ1n) is 7.01. The monoisotopic (exact) mass is 263 g/mol. The molecule has 0 fully saturated rings. The Hall–Kier alpha value is -0.890. The molecule has 0 aliphatic heterocycles. The van der Waals surface area contributed by atoms with Gasteiger partial charge in [-0.2, -0.15) is 0 Å². The van der Waals surface area contributed by atoms with Crippen LogP contribution in [0.4, 0.5) is 0 Å². The molecule has 2 unspecified atom stereocenters. The van der Waals surface area contributed by atoms with Crippen LogP contribution in [0, 0.1) is 16.7 Å². The van der Waals surface area contributed by atoms with Gasteiger partial charge in [0, 0.05) is 6.42 Å². The van der Waals surface area contributed by atoms with Crippen LogP contribution in [0.3, 0.4) is 0 Å². The van der Waals surface area contributed by atoms with Gasteiger partial charge in [0.25, 0.3) is 0 Å². The Morgan fingerprint density at radius 1 is 1.26 bits per heavy atom. The molecule has 1 aliphatic rings. The third kappa shape index (κ3) is 3.56. The Bertz CT molecular complexity index is 390. The molecular weight excluding hydrogens is 236 g/mol. The van der Waals surface area contributed by atoms with E-state index in [2.05, 4.69) is 26.8 Å². The number of allylic oxidation sites excluding steroid dienone is 2. The molecule has 0 aromatic heterocycles. The largest absolute Gasteiger partial charge is 0.381 e. The topological polar surface area (TPSA) is 37.3 Å². The van der Waals surface area contributed by atoms with Crippen molar-refractivity contribution in [2.24, 2.45) is 16.7 Å². The Balaban J connectivity index is 3.16. The van der Waals surface area contributed by atoms with E-state index in [0.29, 0.717) is 6.42 Å². The molecule has 19 heavy (non-hydrogen) atoms. The number of carbonyl (C=O) groups excluding carboxylic acids is 1. The average Bonchev–Trinajstić information content (AvgIpc) is 2.24.